The first-order chi connectivity index (χ1) is 8.26. The molecule has 17 heavy (non-hydrogen) atoms. The Kier molecular flexibility index (Phi) is 4.00. The zero-order valence-corrected chi connectivity index (χ0v) is 10.4. The van der Waals surface area contributed by atoms with Gasteiger partial charge in [-0.2, -0.15) is 0 Å². The first kappa shape index (κ1) is 12.4. The summed E-state index contributed by atoms with van der Waals surface area (Å²) >= 11 is 0. The molecule has 1 aromatic carbocycles. The predicted molar refractivity (Wildman–Crippen MR) is 69.6 cm³/mol. The van der Waals surface area contributed by atoms with Crippen LogP contribution in [0.4, 0.5) is 10.1 Å². The van der Waals surface area contributed by atoms with E-state index in [2.05, 4.69) is 11.8 Å². The topological polar surface area (TPSA) is 29.3 Å². The van der Waals surface area contributed by atoms with Crippen LogP contribution < -0.4 is 10.6 Å². The molecule has 0 spiro atoms. The van der Waals surface area contributed by atoms with Gasteiger partial charge in [0.1, 0.15) is 5.82 Å². The highest BCUT2D eigenvalue weighted by molar-refractivity contribution is 5.47. The van der Waals surface area contributed by atoms with Gasteiger partial charge in [-0.15, -0.1) is 0 Å². The average molecular weight is 236 g/mol. The maximum absolute atomic E-state index is 13.3. The van der Waals surface area contributed by atoms with Gasteiger partial charge in [-0.05, 0) is 43.9 Å². The number of benzene rings is 1. The van der Waals surface area contributed by atoms with Crippen molar-refractivity contribution in [2.45, 2.75) is 32.2 Å². The minimum Gasteiger partial charge on any atom is -0.367 e. The van der Waals surface area contributed by atoms with Crippen LogP contribution in [0.25, 0.3) is 0 Å². The molecular weight excluding hydrogens is 215 g/mol. The van der Waals surface area contributed by atoms with E-state index in [1.807, 2.05) is 6.07 Å². The summed E-state index contributed by atoms with van der Waals surface area (Å²) in [6.07, 6.45) is 3.82. The van der Waals surface area contributed by atoms with Gasteiger partial charge in [-0.25, -0.2) is 4.39 Å². The molecule has 1 saturated carbocycles. The Hall–Kier alpha value is -1.09. The Labute approximate surface area is 103 Å². The number of likely N-dealkylation sites (N-methyl/N-ethyl adjacent to an activating group) is 1. The van der Waals surface area contributed by atoms with E-state index in [-0.39, 0.29) is 5.82 Å². The summed E-state index contributed by atoms with van der Waals surface area (Å²) in [4.78, 5) is 2.24. The number of hydrogen-bond donors (Lipinski definition) is 1. The van der Waals surface area contributed by atoms with Gasteiger partial charge < -0.3 is 10.6 Å². The number of hydrogen-bond acceptors (Lipinski definition) is 2. The summed E-state index contributed by atoms with van der Waals surface area (Å²) in [5, 5.41) is 0. The third kappa shape index (κ3) is 2.60. The molecule has 0 heterocycles. The first-order valence-electron chi connectivity index (χ1n) is 6.48. The molecule has 1 aliphatic carbocycles. The third-order valence-corrected chi connectivity index (χ3v) is 3.82. The van der Waals surface area contributed by atoms with Crippen molar-refractivity contribution in [2.75, 3.05) is 18.0 Å². The predicted octanol–water partition coefficient (Wildman–Crippen LogP) is 2.78. The molecule has 94 valence electrons. The normalized spacial score (nSPS) is 17.6. The van der Waals surface area contributed by atoms with Crippen LogP contribution in [0.2, 0.25) is 0 Å². The molecule has 1 aromatic rings. The van der Waals surface area contributed by atoms with Gasteiger partial charge in [0.25, 0.3) is 0 Å². The molecule has 1 unspecified atom stereocenters. The van der Waals surface area contributed by atoms with Crippen molar-refractivity contribution in [1.82, 2.24) is 0 Å². The smallest absolute Gasteiger partial charge is 0.125 e. The van der Waals surface area contributed by atoms with Gasteiger partial charge in [0.15, 0.2) is 0 Å². The molecule has 3 heteroatoms. The molecule has 1 fully saturated rings. The van der Waals surface area contributed by atoms with Crippen LogP contribution in [0.15, 0.2) is 24.3 Å². The van der Waals surface area contributed by atoms with Gasteiger partial charge in [-0.3, -0.25) is 0 Å². The van der Waals surface area contributed by atoms with E-state index in [0.717, 1.165) is 12.2 Å². The maximum Gasteiger partial charge on any atom is 0.125 e. The Balaban J connectivity index is 2.18. The van der Waals surface area contributed by atoms with Crippen LogP contribution in [0.1, 0.15) is 26.2 Å². The molecule has 1 atom stereocenters. The molecule has 2 nitrogen and oxygen atoms in total. The van der Waals surface area contributed by atoms with Crippen molar-refractivity contribution < 1.29 is 4.39 Å². The van der Waals surface area contributed by atoms with Crippen molar-refractivity contribution in [1.29, 1.82) is 0 Å². The molecule has 0 bridgehead atoms. The van der Waals surface area contributed by atoms with E-state index in [1.54, 1.807) is 12.1 Å². The second-order valence-corrected chi connectivity index (χ2v) is 4.76. The molecule has 1 aliphatic rings. The Morgan fingerprint density at radius 2 is 2.24 bits per heavy atom. The minimum atomic E-state index is -0.176. The number of rotatable bonds is 5. The van der Waals surface area contributed by atoms with E-state index in [9.17, 15) is 4.39 Å². The van der Waals surface area contributed by atoms with E-state index in [0.29, 0.717) is 18.5 Å². The van der Waals surface area contributed by atoms with Crippen LogP contribution in [0, 0.1) is 11.7 Å². The van der Waals surface area contributed by atoms with Crippen molar-refractivity contribution in [3.05, 3.63) is 30.1 Å². The molecule has 2 rings (SSSR count). The fraction of sp³-hybridized carbons (Fsp3) is 0.571. The van der Waals surface area contributed by atoms with E-state index in [4.69, 9.17) is 5.73 Å². The molecule has 0 radical (unpaired) electrons. The molecule has 0 amide bonds. The zero-order valence-electron chi connectivity index (χ0n) is 10.4. The fourth-order valence-corrected chi connectivity index (χ4v) is 2.66. The molecular formula is C14H21FN2. The quantitative estimate of drug-likeness (QED) is 0.851. The summed E-state index contributed by atoms with van der Waals surface area (Å²) in [6.45, 7) is 3.63. The van der Waals surface area contributed by atoms with Gasteiger partial charge in [0.05, 0.1) is 0 Å². The first-order valence-corrected chi connectivity index (χ1v) is 6.48. The van der Waals surface area contributed by atoms with Crippen LogP contribution in [0.5, 0.6) is 0 Å². The van der Waals surface area contributed by atoms with E-state index < -0.39 is 0 Å². The largest absolute Gasteiger partial charge is 0.367 e. The average Bonchev–Trinajstić information content (AvgIpc) is 2.26. The highest BCUT2D eigenvalue weighted by Gasteiger charge is 2.30. The summed E-state index contributed by atoms with van der Waals surface area (Å²) < 4.78 is 13.3. The lowest BCUT2D eigenvalue weighted by Crippen LogP contribution is -2.48. The zero-order chi connectivity index (χ0) is 12.3. The lowest BCUT2D eigenvalue weighted by molar-refractivity contribution is 0.256. The van der Waals surface area contributed by atoms with Gasteiger partial charge in [0, 0.05) is 24.8 Å². The lowest BCUT2D eigenvalue weighted by Gasteiger charge is -2.41. The monoisotopic (exact) mass is 236 g/mol. The summed E-state index contributed by atoms with van der Waals surface area (Å²) in [5.41, 5.74) is 6.85. The molecule has 2 N–H and O–H groups in total. The van der Waals surface area contributed by atoms with Crippen LogP contribution in [0.3, 0.4) is 0 Å². The number of nitrogens with two attached hydrogens (primary N) is 1. The van der Waals surface area contributed by atoms with Crippen LogP contribution >= 0.6 is 0 Å². The lowest BCUT2D eigenvalue weighted by atomic mass is 9.79. The molecule has 0 aromatic heterocycles. The molecule has 0 saturated heterocycles. The van der Waals surface area contributed by atoms with E-state index in [1.165, 1.54) is 25.3 Å². The Morgan fingerprint density at radius 1 is 1.47 bits per heavy atom. The third-order valence-electron chi connectivity index (χ3n) is 3.82. The van der Waals surface area contributed by atoms with Crippen LogP contribution in [-0.2, 0) is 0 Å². The maximum atomic E-state index is 13.3. The van der Waals surface area contributed by atoms with Crippen molar-refractivity contribution >= 4 is 5.69 Å². The Morgan fingerprint density at radius 3 is 2.71 bits per heavy atom. The standard InChI is InChI=1S/C14H21FN2/c1-2-17(13-8-4-7-12(15)9-13)14(10-16)11-5-3-6-11/h4,7-9,11,14H,2-3,5-6,10,16H2,1H3. The number of halogens is 1. The minimum absolute atomic E-state index is 0.176. The van der Waals surface area contributed by atoms with Gasteiger partial charge in [-0.1, -0.05) is 12.5 Å². The highest BCUT2D eigenvalue weighted by atomic mass is 19.1. The second kappa shape index (κ2) is 5.50. The van der Waals surface area contributed by atoms with Crippen molar-refractivity contribution in [3.63, 3.8) is 0 Å². The second-order valence-electron chi connectivity index (χ2n) is 4.76. The van der Waals surface area contributed by atoms with Crippen molar-refractivity contribution in [3.8, 4) is 0 Å². The number of anilines is 1. The number of nitrogens with zero attached hydrogens (tertiary/aromatic N) is 1. The molecule has 0 aliphatic heterocycles. The van der Waals surface area contributed by atoms with E-state index >= 15 is 0 Å². The summed E-state index contributed by atoms with van der Waals surface area (Å²) in [7, 11) is 0. The Bertz CT molecular complexity index is 363. The van der Waals surface area contributed by atoms with Gasteiger partial charge >= 0.3 is 0 Å². The van der Waals surface area contributed by atoms with Crippen LogP contribution in [-0.4, -0.2) is 19.1 Å². The summed E-state index contributed by atoms with van der Waals surface area (Å²) in [5.74, 6) is 0.508. The van der Waals surface area contributed by atoms with Gasteiger partial charge in [0.2, 0.25) is 0 Å². The van der Waals surface area contributed by atoms with Crippen molar-refractivity contribution in [2.24, 2.45) is 11.7 Å². The SMILES string of the molecule is CCN(c1cccc(F)c1)C(CN)C1CCC1. The fourth-order valence-electron chi connectivity index (χ4n) is 2.66. The highest BCUT2D eigenvalue weighted by Crippen LogP contribution is 2.33. The summed E-state index contributed by atoms with van der Waals surface area (Å²) in [6, 6.07) is 7.17.